The zero-order valence-corrected chi connectivity index (χ0v) is 16.9. The standard InChI is InChI=1S/C26H31NO/c1-28-22-13-12-21-18-25-23-11-5-6-14-26(23,24(21)19-22)15-17-27(25)16-7-10-20-8-3-2-4-9-20/h2-4,7-10,12-13,19,23,25H,5-6,11,14-18H2,1H3/t23-,25+,26+/m0/s1. The summed E-state index contributed by atoms with van der Waals surface area (Å²) in [6, 6.07) is 18.2. The van der Waals surface area contributed by atoms with Crippen molar-refractivity contribution in [3.05, 3.63) is 71.3 Å². The molecule has 0 aromatic heterocycles. The summed E-state index contributed by atoms with van der Waals surface area (Å²) in [6.45, 7) is 2.29. The van der Waals surface area contributed by atoms with E-state index in [9.17, 15) is 0 Å². The van der Waals surface area contributed by atoms with Gasteiger partial charge < -0.3 is 4.74 Å². The first-order valence-electron chi connectivity index (χ1n) is 10.9. The van der Waals surface area contributed by atoms with Crippen molar-refractivity contribution in [3.63, 3.8) is 0 Å². The number of benzene rings is 2. The molecule has 5 rings (SSSR count). The van der Waals surface area contributed by atoms with Gasteiger partial charge in [0.2, 0.25) is 0 Å². The highest BCUT2D eigenvalue weighted by Crippen LogP contribution is 2.56. The molecule has 1 saturated heterocycles. The summed E-state index contributed by atoms with van der Waals surface area (Å²) in [5.74, 6) is 1.84. The quantitative estimate of drug-likeness (QED) is 0.705. The fourth-order valence-corrected chi connectivity index (χ4v) is 6.31. The van der Waals surface area contributed by atoms with Gasteiger partial charge in [-0.3, -0.25) is 4.90 Å². The lowest BCUT2D eigenvalue weighted by atomic mass is 9.52. The summed E-state index contributed by atoms with van der Waals surface area (Å²) >= 11 is 0. The maximum Gasteiger partial charge on any atom is 0.119 e. The summed E-state index contributed by atoms with van der Waals surface area (Å²) in [5.41, 5.74) is 4.88. The highest BCUT2D eigenvalue weighted by molar-refractivity contribution is 5.49. The topological polar surface area (TPSA) is 12.5 Å². The number of fused-ring (bicyclic) bond motifs is 1. The van der Waals surface area contributed by atoms with Crippen molar-refractivity contribution in [2.75, 3.05) is 20.2 Å². The average Bonchev–Trinajstić information content (AvgIpc) is 2.76. The smallest absolute Gasteiger partial charge is 0.119 e. The van der Waals surface area contributed by atoms with Gasteiger partial charge in [0.15, 0.2) is 0 Å². The van der Waals surface area contributed by atoms with Crippen molar-refractivity contribution in [1.29, 1.82) is 0 Å². The number of ether oxygens (including phenoxy) is 1. The first kappa shape index (κ1) is 18.0. The van der Waals surface area contributed by atoms with Crippen LogP contribution in [0.25, 0.3) is 6.08 Å². The van der Waals surface area contributed by atoms with Crippen LogP contribution in [0.1, 0.15) is 48.8 Å². The molecule has 2 bridgehead atoms. The lowest BCUT2D eigenvalue weighted by Crippen LogP contribution is -2.60. The van der Waals surface area contributed by atoms with E-state index in [1.807, 2.05) is 0 Å². The highest BCUT2D eigenvalue weighted by atomic mass is 16.5. The van der Waals surface area contributed by atoms with Crippen LogP contribution in [-0.2, 0) is 11.8 Å². The van der Waals surface area contributed by atoms with Crippen LogP contribution in [0.15, 0.2) is 54.6 Å². The summed E-state index contributed by atoms with van der Waals surface area (Å²) in [4.78, 5) is 2.76. The first-order valence-corrected chi connectivity index (χ1v) is 10.9. The van der Waals surface area contributed by atoms with Gasteiger partial charge in [0, 0.05) is 18.0 Å². The molecule has 0 unspecified atom stereocenters. The predicted molar refractivity (Wildman–Crippen MR) is 116 cm³/mol. The molecule has 2 nitrogen and oxygen atoms in total. The van der Waals surface area contributed by atoms with Gasteiger partial charge in [0.1, 0.15) is 5.75 Å². The highest BCUT2D eigenvalue weighted by Gasteiger charge is 2.53. The van der Waals surface area contributed by atoms with Crippen molar-refractivity contribution < 1.29 is 4.74 Å². The fourth-order valence-electron chi connectivity index (χ4n) is 6.31. The fraction of sp³-hybridized carbons (Fsp3) is 0.462. The molecular formula is C26H31NO. The van der Waals surface area contributed by atoms with E-state index in [0.29, 0.717) is 11.5 Å². The third-order valence-electron chi connectivity index (χ3n) is 7.61. The van der Waals surface area contributed by atoms with Gasteiger partial charge in [-0.05, 0) is 67.0 Å². The lowest BCUT2D eigenvalue weighted by molar-refractivity contribution is -0.00513. The predicted octanol–water partition coefficient (Wildman–Crippen LogP) is 5.47. The van der Waals surface area contributed by atoms with Gasteiger partial charge in [-0.1, -0.05) is 61.4 Å². The van der Waals surface area contributed by atoms with E-state index < -0.39 is 0 Å². The molecular weight excluding hydrogens is 342 g/mol. The second-order valence-electron chi connectivity index (χ2n) is 8.86. The third kappa shape index (κ3) is 2.99. The van der Waals surface area contributed by atoms with Crippen molar-refractivity contribution >= 4 is 6.08 Å². The Morgan fingerprint density at radius 3 is 2.86 bits per heavy atom. The molecule has 2 aromatic rings. The number of rotatable bonds is 4. The molecule has 0 amide bonds. The molecule has 2 aromatic carbocycles. The molecule has 0 radical (unpaired) electrons. The second-order valence-corrected chi connectivity index (χ2v) is 8.86. The van der Waals surface area contributed by atoms with Crippen LogP contribution in [-0.4, -0.2) is 31.1 Å². The van der Waals surface area contributed by atoms with Gasteiger partial charge >= 0.3 is 0 Å². The molecule has 28 heavy (non-hydrogen) atoms. The molecule has 0 spiro atoms. The first-order chi connectivity index (χ1) is 13.8. The van der Waals surface area contributed by atoms with E-state index in [4.69, 9.17) is 4.74 Å². The van der Waals surface area contributed by atoms with E-state index in [1.165, 1.54) is 50.6 Å². The normalized spacial score (nSPS) is 29.3. The summed E-state index contributed by atoms with van der Waals surface area (Å²) < 4.78 is 5.59. The Bertz CT molecular complexity index is 858. The Labute approximate surface area is 169 Å². The Hall–Kier alpha value is -2.06. The van der Waals surface area contributed by atoms with Crippen LogP contribution in [0, 0.1) is 5.92 Å². The van der Waals surface area contributed by atoms with Crippen LogP contribution in [0.5, 0.6) is 5.75 Å². The number of nitrogens with zero attached hydrogens (tertiary/aromatic N) is 1. The number of hydrogen-bond donors (Lipinski definition) is 0. The van der Waals surface area contributed by atoms with Crippen molar-refractivity contribution in [1.82, 2.24) is 4.90 Å². The van der Waals surface area contributed by atoms with E-state index in [2.05, 4.69) is 65.6 Å². The van der Waals surface area contributed by atoms with Crippen LogP contribution in [0.4, 0.5) is 0 Å². The molecule has 2 aliphatic carbocycles. The van der Waals surface area contributed by atoms with Crippen LogP contribution in [0.3, 0.4) is 0 Å². The number of piperidine rings is 1. The molecule has 1 heterocycles. The number of hydrogen-bond acceptors (Lipinski definition) is 2. The maximum atomic E-state index is 5.59. The Morgan fingerprint density at radius 2 is 2.00 bits per heavy atom. The van der Waals surface area contributed by atoms with E-state index in [-0.39, 0.29) is 0 Å². The van der Waals surface area contributed by atoms with Crippen LogP contribution in [0.2, 0.25) is 0 Å². The maximum absolute atomic E-state index is 5.59. The zero-order chi connectivity index (χ0) is 19.0. The minimum atomic E-state index is 0.394. The van der Waals surface area contributed by atoms with E-state index >= 15 is 0 Å². The van der Waals surface area contributed by atoms with Crippen molar-refractivity contribution in [2.45, 2.75) is 50.0 Å². The minimum Gasteiger partial charge on any atom is -0.497 e. The van der Waals surface area contributed by atoms with Gasteiger partial charge in [-0.2, -0.15) is 0 Å². The molecule has 1 aliphatic heterocycles. The second kappa shape index (κ2) is 7.40. The number of methoxy groups -OCH3 is 1. The molecule has 146 valence electrons. The summed E-state index contributed by atoms with van der Waals surface area (Å²) in [7, 11) is 1.80. The van der Waals surface area contributed by atoms with Crippen molar-refractivity contribution in [3.8, 4) is 5.75 Å². The monoisotopic (exact) mass is 373 g/mol. The Kier molecular flexibility index (Phi) is 4.76. The van der Waals surface area contributed by atoms with Crippen LogP contribution < -0.4 is 4.74 Å². The van der Waals surface area contributed by atoms with Gasteiger partial charge in [-0.25, -0.2) is 0 Å². The number of likely N-dealkylation sites (tertiary alicyclic amines) is 1. The summed E-state index contributed by atoms with van der Waals surface area (Å²) in [6.07, 6.45) is 12.7. The largest absolute Gasteiger partial charge is 0.497 e. The van der Waals surface area contributed by atoms with Crippen LogP contribution >= 0.6 is 0 Å². The average molecular weight is 374 g/mol. The van der Waals surface area contributed by atoms with Gasteiger partial charge in [0.05, 0.1) is 7.11 Å². The summed E-state index contributed by atoms with van der Waals surface area (Å²) in [5, 5.41) is 0. The molecule has 2 fully saturated rings. The Balaban J connectivity index is 1.43. The molecule has 3 atom stereocenters. The van der Waals surface area contributed by atoms with E-state index in [0.717, 1.165) is 18.2 Å². The lowest BCUT2D eigenvalue weighted by Gasteiger charge is -2.59. The van der Waals surface area contributed by atoms with E-state index in [1.54, 1.807) is 18.2 Å². The van der Waals surface area contributed by atoms with Gasteiger partial charge in [0.25, 0.3) is 0 Å². The minimum absolute atomic E-state index is 0.394. The van der Waals surface area contributed by atoms with Crippen molar-refractivity contribution in [2.24, 2.45) is 5.92 Å². The Morgan fingerprint density at radius 1 is 1.11 bits per heavy atom. The molecule has 0 N–H and O–H groups in total. The molecule has 3 aliphatic rings. The molecule has 2 heteroatoms. The molecule has 1 saturated carbocycles. The van der Waals surface area contributed by atoms with Gasteiger partial charge in [-0.15, -0.1) is 0 Å². The zero-order valence-electron chi connectivity index (χ0n) is 16.9. The SMILES string of the molecule is COc1ccc2c(c1)[C@@]13CCCC[C@H]1[C@@H](C2)N(CC=Cc1ccccc1)CC3. The third-order valence-corrected chi connectivity index (χ3v) is 7.61.